The number of non-ortho nitro benzene ring substituents is 1. The van der Waals surface area contributed by atoms with Crippen LogP contribution < -0.4 is 10.5 Å². The molecule has 7 nitrogen and oxygen atoms in total. The van der Waals surface area contributed by atoms with Gasteiger partial charge in [-0.1, -0.05) is 18.2 Å². The number of nitrogens with one attached hydrogen (secondary N) is 1. The Morgan fingerprint density at radius 2 is 1.86 bits per heavy atom. The summed E-state index contributed by atoms with van der Waals surface area (Å²) < 4.78 is 26.5. The van der Waals surface area contributed by atoms with Gasteiger partial charge in [0.05, 0.1) is 16.4 Å². The van der Waals surface area contributed by atoms with Gasteiger partial charge in [0.25, 0.3) is 5.69 Å². The Kier molecular flexibility index (Phi) is 4.08. The number of hydrogen-bond acceptors (Lipinski definition) is 5. The Balaban J connectivity index is 2.18. The van der Waals surface area contributed by atoms with Gasteiger partial charge in [-0.3, -0.25) is 14.8 Å². The number of rotatable bonds is 5. The highest BCUT2D eigenvalue weighted by atomic mass is 32.2. The van der Waals surface area contributed by atoms with Crippen LogP contribution in [0.3, 0.4) is 0 Å². The van der Waals surface area contributed by atoms with Crippen molar-refractivity contribution in [3.63, 3.8) is 0 Å². The molecule has 21 heavy (non-hydrogen) atoms. The van der Waals surface area contributed by atoms with E-state index in [0.717, 1.165) is 0 Å². The van der Waals surface area contributed by atoms with Crippen molar-refractivity contribution in [3.05, 3.63) is 64.2 Å². The molecule has 0 aromatic heterocycles. The average molecular weight is 307 g/mol. The first-order chi connectivity index (χ1) is 9.85. The normalized spacial score (nSPS) is 11.0. The third-order valence-corrected chi connectivity index (χ3v) is 3.90. The molecule has 0 unspecified atom stereocenters. The number of nitrogens with two attached hydrogens (primary N) is 1. The second-order valence-electron chi connectivity index (χ2n) is 4.41. The first kappa shape index (κ1) is 14.8. The van der Waals surface area contributed by atoms with Gasteiger partial charge in [0, 0.05) is 17.8 Å². The molecule has 8 heteroatoms. The molecule has 0 amide bonds. The summed E-state index contributed by atoms with van der Waals surface area (Å²) in [7, 11) is -3.68. The van der Waals surface area contributed by atoms with Gasteiger partial charge in [-0.05, 0) is 23.8 Å². The van der Waals surface area contributed by atoms with Crippen molar-refractivity contribution < 1.29 is 13.3 Å². The van der Waals surface area contributed by atoms with Crippen molar-refractivity contribution in [1.29, 1.82) is 0 Å². The van der Waals surface area contributed by atoms with Crippen LogP contribution >= 0.6 is 0 Å². The van der Waals surface area contributed by atoms with Crippen molar-refractivity contribution in [1.82, 2.24) is 0 Å². The van der Waals surface area contributed by atoms with Crippen molar-refractivity contribution >= 4 is 27.1 Å². The molecule has 0 spiro atoms. The van der Waals surface area contributed by atoms with E-state index < -0.39 is 14.9 Å². The first-order valence-corrected chi connectivity index (χ1v) is 7.60. The molecule has 0 saturated carbocycles. The topological polar surface area (TPSA) is 115 Å². The molecule has 2 aromatic carbocycles. The van der Waals surface area contributed by atoms with Crippen LogP contribution in [0.4, 0.5) is 17.1 Å². The summed E-state index contributed by atoms with van der Waals surface area (Å²) in [4.78, 5) is 10.1. The zero-order valence-corrected chi connectivity index (χ0v) is 11.7. The van der Waals surface area contributed by atoms with Crippen LogP contribution in [0.1, 0.15) is 5.56 Å². The lowest BCUT2D eigenvalue weighted by atomic mass is 10.2. The lowest BCUT2D eigenvalue weighted by Crippen LogP contribution is -2.15. The van der Waals surface area contributed by atoms with E-state index in [1.807, 2.05) is 0 Å². The Morgan fingerprint density at radius 1 is 1.14 bits per heavy atom. The first-order valence-electron chi connectivity index (χ1n) is 5.95. The van der Waals surface area contributed by atoms with Crippen LogP contribution in [-0.2, 0) is 15.8 Å². The summed E-state index contributed by atoms with van der Waals surface area (Å²) in [6.07, 6.45) is 0. The van der Waals surface area contributed by atoms with Crippen molar-refractivity contribution in [2.75, 3.05) is 10.5 Å². The molecule has 0 saturated heterocycles. The fourth-order valence-electron chi connectivity index (χ4n) is 1.80. The van der Waals surface area contributed by atoms with E-state index in [4.69, 9.17) is 5.73 Å². The van der Waals surface area contributed by atoms with E-state index in [2.05, 4.69) is 4.72 Å². The molecule has 110 valence electrons. The van der Waals surface area contributed by atoms with Crippen LogP contribution in [0, 0.1) is 10.1 Å². The van der Waals surface area contributed by atoms with E-state index in [0.29, 0.717) is 16.9 Å². The lowest BCUT2D eigenvalue weighted by molar-refractivity contribution is -0.384. The predicted octanol–water partition coefficient (Wildman–Crippen LogP) is 2.12. The average Bonchev–Trinajstić information content (AvgIpc) is 2.37. The van der Waals surface area contributed by atoms with E-state index in [-0.39, 0.29) is 11.4 Å². The van der Waals surface area contributed by atoms with Crippen LogP contribution in [0.15, 0.2) is 48.5 Å². The Labute approximate surface area is 121 Å². The third kappa shape index (κ3) is 4.18. The predicted molar refractivity (Wildman–Crippen MR) is 80.2 cm³/mol. The molecule has 2 rings (SSSR count). The number of hydrogen-bond donors (Lipinski definition) is 2. The van der Waals surface area contributed by atoms with Crippen molar-refractivity contribution in [2.45, 2.75) is 5.75 Å². The van der Waals surface area contributed by atoms with E-state index in [1.165, 1.54) is 30.3 Å². The van der Waals surface area contributed by atoms with Crippen molar-refractivity contribution in [3.8, 4) is 0 Å². The van der Waals surface area contributed by atoms with Gasteiger partial charge >= 0.3 is 0 Å². The van der Waals surface area contributed by atoms with E-state index >= 15 is 0 Å². The molecule has 3 N–H and O–H groups in total. The zero-order valence-electron chi connectivity index (χ0n) is 10.9. The summed E-state index contributed by atoms with van der Waals surface area (Å²) in [5.41, 5.74) is 6.54. The van der Waals surface area contributed by atoms with Gasteiger partial charge in [-0.2, -0.15) is 0 Å². The maximum Gasteiger partial charge on any atom is 0.269 e. The molecular formula is C13H13N3O4S. The molecule has 0 atom stereocenters. The smallest absolute Gasteiger partial charge is 0.269 e. The second-order valence-corrected chi connectivity index (χ2v) is 6.14. The van der Waals surface area contributed by atoms with Gasteiger partial charge in [0.1, 0.15) is 0 Å². The summed E-state index contributed by atoms with van der Waals surface area (Å²) in [5, 5.41) is 10.7. The Hall–Kier alpha value is -2.61. The molecule has 0 aliphatic carbocycles. The quantitative estimate of drug-likeness (QED) is 0.498. The molecular weight excluding hydrogens is 294 g/mol. The summed E-state index contributed by atoms with van der Waals surface area (Å²) >= 11 is 0. The van der Waals surface area contributed by atoms with Crippen molar-refractivity contribution in [2.24, 2.45) is 0 Å². The largest absolute Gasteiger partial charge is 0.399 e. The van der Waals surface area contributed by atoms with Crippen LogP contribution in [-0.4, -0.2) is 13.3 Å². The Bertz CT molecular complexity index is 774. The highest BCUT2D eigenvalue weighted by Gasteiger charge is 2.14. The number of nitrogen functional groups attached to an aromatic ring is 1. The minimum Gasteiger partial charge on any atom is -0.399 e. The number of nitro groups is 1. The van der Waals surface area contributed by atoms with Gasteiger partial charge in [-0.15, -0.1) is 0 Å². The number of nitro benzene ring substituents is 1. The number of sulfonamides is 1. The van der Waals surface area contributed by atoms with Crippen LogP contribution in [0.25, 0.3) is 0 Å². The maximum atomic E-state index is 12.0. The van der Waals surface area contributed by atoms with Crippen LogP contribution in [0.2, 0.25) is 0 Å². The minimum absolute atomic E-state index is 0.147. The number of benzene rings is 2. The number of nitrogens with zero attached hydrogens (tertiary/aromatic N) is 1. The molecule has 0 aliphatic heterocycles. The monoisotopic (exact) mass is 307 g/mol. The molecule has 0 fully saturated rings. The molecule has 0 heterocycles. The van der Waals surface area contributed by atoms with Gasteiger partial charge in [0.15, 0.2) is 0 Å². The molecule has 0 aliphatic rings. The minimum atomic E-state index is -3.68. The standard InChI is InChI=1S/C13H13N3O4S/c14-11-4-2-5-12(8-11)15-21(19,20)9-10-3-1-6-13(7-10)16(17)18/h1-8,15H,9,14H2. The highest BCUT2D eigenvalue weighted by Crippen LogP contribution is 2.18. The number of anilines is 2. The fourth-order valence-corrected chi connectivity index (χ4v) is 2.97. The maximum absolute atomic E-state index is 12.0. The third-order valence-electron chi connectivity index (χ3n) is 2.64. The van der Waals surface area contributed by atoms with Crippen LogP contribution in [0.5, 0.6) is 0 Å². The molecule has 0 radical (unpaired) electrons. The Morgan fingerprint density at radius 3 is 2.52 bits per heavy atom. The van der Waals surface area contributed by atoms with Gasteiger partial charge in [0.2, 0.25) is 10.0 Å². The zero-order chi connectivity index (χ0) is 15.5. The highest BCUT2D eigenvalue weighted by molar-refractivity contribution is 7.91. The van der Waals surface area contributed by atoms with E-state index in [1.54, 1.807) is 18.2 Å². The van der Waals surface area contributed by atoms with Gasteiger partial charge < -0.3 is 5.73 Å². The lowest BCUT2D eigenvalue weighted by Gasteiger charge is -2.08. The second kappa shape index (κ2) is 5.80. The van der Waals surface area contributed by atoms with Gasteiger partial charge in [-0.25, -0.2) is 8.42 Å². The summed E-state index contributed by atoms with van der Waals surface area (Å²) in [6.45, 7) is 0. The SMILES string of the molecule is Nc1cccc(NS(=O)(=O)Cc2cccc([N+](=O)[O-])c2)c1. The van der Waals surface area contributed by atoms with E-state index in [9.17, 15) is 18.5 Å². The molecule has 2 aromatic rings. The fraction of sp³-hybridized carbons (Fsp3) is 0.0769. The molecule has 0 bridgehead atoms. The summed E-state index contributed by atoms with van der Waals surface area (Å²) in [6, 6.07) is 11.8. The summed E-state index contributed by atoms with van der Waals surface area (Å²) in [5.74, 6) is -0.358.